The van der Waals surface area contributed by atoms with Gasteiger partial charge in [-0.25, -0.2) is 4.98 Å². The first-order valence-electron chi connectivity index (χ1n) is 10.5. The molecular weight excluding hydrogens is 352 g/mol. The number of likely N-dealkylation sites (tertiary alicyclic amines) is 1. The molecule has 0 N–H and O–H groups in total. The van der Waals surface area contributed by atoms with E-state index < -0.39 is 0 Å². The molecule has 0 unspecified atom stereocenters. The molecule has 0 bridgehead atoms. The Balaban J connectivity index is 1.26. The van der Waals surface area contributed by atoms with Gasteiger partial charge in [0.2, 0.25) is 5.89 Å². The van der Waals surface area contributed by atoms with Crippen molar-refractivity contribution in [2.45, 2.75) is 38.8 Å². The zero-order valence-corrected chi connectivity index (χ0v) is 16.6. The highest BCUT2D eigenvalue weighted by Crippen LogP contribution is 2.15. The lowest BCUT2D eigenvalue weighted by atomic mass is 10.2. The van der Waals surface area contributed by atoms with Gasteiger partial charge < -0.3 is 9.32 Å². The van der Waals surface area contributed by atoms with Crippen LogP contribution in [0.2, 0.25) is 0 Å². The fourth-order valence-electron chi connectivity index (χ4n) is 4.06. The molecule has 1 aromatic heterocycles. The van der Waals surface area contributed by atoms with Crippen LogP contribution in [0.1, 0.15) is 47.6 Å². The Labute approximate surface area is 167 Å². The topological polar surface area (TPSA) is 52.8 Å². The molecule has 6 heteroatoms. The van der Waals surface area contributed by atoms with Crippen LogP contribution in [0.4, 0.5) is 0 Å². The van der Waals surface area contributed by atoms with E-state index in [0.717, 1.165) is 58.7 Å². The van der Waals surface area contributed by atoms with E-state index in [0.29, 0.717) is 18.1 Å². The first-order valence-corrected chi connectivity index (χ1v) is 10.5. The summed E-state index contributed by atoms with van der Waals surface area (Å²) in [5.41, 5.74) is 1.82. The first kappa shape index (κ1) is 19.2. The van der Waals surface area contributed by atoms with Crippen molar-refractivity contribution in [3.63, 3.8) is 0 Å². The highest BCUT2D eigenvalue weighted by atomic mass is 16.3. The number of benzene rings is 1. The SMILES string of the molecule is O=C(c1coc(CN2CCN(Cc3ccccc3)CC2)n1)N1CCCCCC1. The van der Waals surface area contributed by atoms with Crippen LogP contribution in [-0.2, 0) is 13.1 Å². The van der Waals surface area contributed by atoms with E-state index in [1.54, 1.807) is 0 Å². The number of nitrogens with zero attached hydrogens (tertiary/aromatic N) is 4. The Hall–Kier alpha value is -2.18. The number of aromatic nitrogens is 1. The van der Waals surface area contributed by atoms with Gasteiger partial charge in [0.15, 0.2) is 5.69 Å². The maximum Gasteiger partial charge on any atom is 0.275 e. The van der Waals surface area contributed by atoms with Crippen LogP contribution < -0.4 is 0 Å². The maximum absolute atomic E-state index is 12.7. The van der Waals surface area contributed by atoms with Crippen molar-refractivity contribution >= 4 is 5.91 Å². The molecule has 2 saturated heterocycles. The lowest BCUT2D eigenvalue weighted by Gasteiger charge is -2.34. The van der Waals surface area contributed by atoms with E-state index >= 15 is 0 Å². The third-order valence-corrected chi connectivity index (χ3v) is 5.74. The van der Waals surface area contributed by atoms with Crippen LogP contribution in [0, 0.1) is 0 Å². The predicted octanol–water partition coefficient (Wildman–Crippen LogP) is 3.01. The number of rotatable bonds is 5. The van der Waals surface area contributed by atoms with Gasteiger partial charge >= 0.3 is 0 Å². The first-order chi connectivity index (χ1) is 13.8. The molecule has 0 radical (unpaired) electrons. The van der Waals surface area contributed by atoms with E-state index in [1.165, 1.54) is 24.7 Å². The molecule has 2 fully saturated rings. The number of oxazole rings is 1. The van der Waals surface area contributed by atoms with Crippen LogP contribution in [0.3, 0.4) is 0 Å². The molecule has 0 atom stereocenters. The maximum atomic E-state index is 12.7. The molecule has 3 heterocycles. The van der Waals surface area contributed by atoms with Gasteiger partial charge in [0.25, 0.3) is 5.91 Å². The Bertz CT molecular complexity index is 745. The van der Waals surface area contributed by atoms with E-state index in [-0.39, 0.29) is 5.91 Å². The van der Waals surface area contributed by atoms with Crippen LogP contribution in [0.5, 0.6) is 0 Å². The van der Waals surface area contributed by atoms with Crippen LogP contribution in [0.25, 0.3) is 0 Å². The molecule has 0 aliphatic carbocycles. The van der Waals surface area contributed by atoms with E-state index in [4.69, 9.17) is 4.42 Å². The summed E-state index contributed by atoms with van der Waals surface area (Å²) < 4.78 is 5.62. The normalized spacial score (nSPS) is 19.5. The van der Waals surface area contributed by atoms with Gasteiger partial charge in [-0.1, -0.05) is 43.2 Å². The summed E-state index contributed by atoms with van der Waals surface area (Å²) in [5.74, 6) is 0.666. The van der Waals surface area contributed by atoms with E-state index in [9.17, 15) is 4.79 Å². The second kappa shape index (κ2) is 9.34. The Morgan fingerprint density at radius 1 is 0.857 bits per heavy atom. The van der Waals surface area contributed by atoms with Gasteiger partial charge in [-0.2, -0.15) is 0 Å². The van der Waals surface area contributed by atoms with Crippen molar-refractivity contribution in [2.24, 2.45) is 0 Å². The van der Waals surface area contributed by atoms with Crippen molar-refractivity contribution in [2.75, 3.05) is 39.3 Å². The largest absolute Gasteiger partial charge is 0.447 e. The third-order valence-electron chi connectivity index (χ3n) is 5.74. The molecule has 0 saturated carbocycles. The van der Waals surface area contributed by atoms with Gasteiger partial charge in [-0.05, 0) is 18.4 Å². The van der Waals surface area contributed by atoms with Gasteiger partial charge in [0.1, 0.15) is 6.26 Å². The minimum absolute atomic E-state index is 0.0181. The molecule has 1 aromatic carbocycles. The average Bonchev–Trinajstić information content (AvgIpc) is 3.02. The molecule has 2 aromatic rings. The summed E-state index contributed by atoms with van der Waals surface area (Å²) in [7, 11) is 0. The van der Waals surface area contributed by atoms with E-state index in [2.05, 4.69) is 45.1 Å². The second-order valence-electron chi connectivity index (χ2n) is 7.87. The summed E-state index contributed by atoms with van der Waals surface area (Å²) >= 11 is 0. The van der Waals surface area contributed by atoms with Crippen molar-refractivity contribution in [1.82, 2.24) is 19.7 Å². The lowest BCUT2D eigenvalue weighted by molar-refractivity contribution is 0.0755. The monoisotopic (exact) mass is 382 g/mol. The smallest absolute Gasteiger partial charge is 0.275 e. The molecule has 2 aliphatic rings. The number of amides is 1. The summed E-state index contributed by atoms with van der Waals surface area (Å²) in [6.07, 6.45) is 6.13. The van der Waals surface area contributed by atoms with E-state index in [1.807, 2.05) is 4.90 Å². The van der Waals surface area contributed by atoms with Crippen LogP contribution in [0.15, 0.2) is 41.0 Å². The minimum atomic E-state index is 0.0181. The number of hydrogen-bond donors (Lipinski definition) is 0. The van der Waals surface area contributed by atoms with Gasteiger partial charge in [-0.3, -0.25) is 14.6 Å². The molecule has 2 aliphatic heterocycles. The van der Waals surface area contributed by atoms with Crippen molar-refractivity contribution in [3.8, 4) is 0 Å². The molecule has 0 spiro atoms. The number of carbonyl (C=O) groups excluding carboxylic acids is 1. The van der Waals surface area contributed by atoms with Crippen molar-refractivity contribution in [1.29, 1.82) is 0 Å². The Kier molecular flexibility index (Phi) is 6.39. The average molecular weight is 383 g/mol. The number of piperazine rings is 1. The highest BCUT2D eigenvalue weighted by Gasteiger charge is 2.23. The predicted molar refractivity (Wildman–Crippen MR) is 108 cm³/mol. The summed E-state index contributed by atoms with van der Waals surface area (Å²) in [4.78, 5) is 23.9. The minimum Gasteiger partial charge on any atom is -0.447 e. The molecule has 150 valence electrons. The fraction of sp³-hybridized carbons (Fsp3) is 0.545. The molecule has 6 nitrogen and oxygen atoms in total. The number of hydrogen-bond acceptors (Lipinski definition) is 5. The Morgan fingerprint density at radius 2 is 1.50 bits per heavy atom. The zero-order valence-electron chi connectivity index (χ0n) is 16.6. The lowest BCUT2D eigenvalue weighted by Crippen LogP contribution is -2.45. The third kappa shape index (κ3) is 5.00. The summed E-state index contributed by atoms with van der Waals surface area (Å²) in [5, 5.41) is 0. The van der Waals surface area contributed by atoms with Crippen molar-refractivity contribution in [3.05, 3.63) is 53.7 Å². The van der Waals surface area contributed by atoms with Crippen molar-refractivity contribution < 1.29 is 9.21 Å². The molecular formula is C22H30N4O2. The molecule has 28 heavy (non-hydrogen) atoms. The van der Waals surface area contributed by atoms with Gasteiger partial charge in [0, 0.05) is 45.8 Å². The molecule has 4 rings (SSSR count). The zero-order chi connectivity index (χ0) is 19.2. The summed E-state index contributed by atoms with van der Waals surface area (Å²) in [6, 6.07) is 10.6. The van der Waals surface area contributed by atoms with Gasteiger partial charge in [-0.15, -0.1) is 0 Å². The number of carbonyl (C=O) groups is 1. The quantitative estimate of drug-likeness (QED) is 0.796. The van der Waals surface area contributed by atoms with Gasteiger partial charge in [0.05, 0.1) is 6.54 Å². The fourth-order valence-corrected chi connectivity index (χ4v) is 4.06. The Morgan fingerprint density at radius 3 is 2.18 bits per heavy atom. The summed E-state index contributed by atoms with van der Waals surface area (Å²) in [6.45, 7) is 7.41. The standard InChI is InChI=1S/C22H30N4O2/c27-22(26-10-6-1-2-7-11-26)20-18-28-21(23-20)17-25-14-12-24(13-15-25)16-19-8-4-3-5-9-19/h3-5,8-9,18H,1-2,6-7,10-17H2. The second-order valence-corrected chi connectivity index (χ2v) is 7.87. The van der Waals surface area contributed by atoms with Crippen LogP contribution in [-0.4, -0.2) is 64.9 Å². The van der Waals surface area contributed by atoms with Crippen LogP contribution >= 0.6 is 0 Å². The highest BCUT2D eigenvalue weighted by molar-refractivity contribution is 5.92. The molecule has 1 amide bonds.